The van der Waals surface area contributed by atoms with Gasteiger partial charge in [-0.3, -0.25) is 4.79 Å². The number of hydrogen-bond acceptors (Lipinski definition) is 27. The fourth-order valence-electron chi connectivity index (χ4n) is 8.22. The summed E-state index contributed by atoms with van der Waals surface area (Å²) in [7, 11) is 0. The molecule has 4 heterocycles. The first-order chi connectivity index (χ1) is 31.9. The number of rotatable bonds is 2. The lowest BCUT2D eigenvalue weighted by Gasteiger charge is -2.45. The highest BCUT2D eigenvalue weighted by Gasteiger charge is 2.70. The number of phenols is 11. The van der Waals surface area contributed by atoms with Gasteiger partial charge in [-0.1, -0.05) is 0 Å². The van der Waals surface area contributed by atoms with Crippen molar-refractivity contribution in [3.63, 3.8) is 0 Å². The van der Waals surface area contributed by atoms with Crippen molar-refractivity contribution in [2.45, 2.75) is 48.2 Å². The molecule has 0 spiro atoms. The highest BCUT2D eigenvalue weighted by molar-refractivity contribution is 6.09. The molecule has 68 heavy (non-hydrogen) atoms. The minimum atomic E-state index is -3.96. The number of fused-ring (bicyclic) bond motifs is 4. The van der Waals surface area contributed by atoms with Crippen LogP contribution in [0.4, 0.5) is 0 Å². The van der Waals surface area contributed by atoms with Crippen molar-refractivity contribution in [3.8, 4) is 80.1 Å². The van der Waals surface area contributed by atoms with E-state index >= 15 is 0 Å². The maximum absolute atomic E-state index is 14.6. The zero-order valence-electron chi connectivity index (χ0n) is 33.2. The zero-order chi connectivity index (χ0) is 49.4. The fourth-order valence-corrected chi connectivity index (χ4v) is 8.22. The lowest BCUT2D eigenvalue weighted by Crippen LogP contribution is -2.66. The largest absolute Gasteiger partial charge is 0.504 e. The monoisotopic (exact) mass is 952 g/mol. The van der Waals surface area contributed by atoms with Crippen LogP contribution in [-0.2, 0) is 38.0 Å². The number of carbonyl (C=O) groups excluding carboxylic acids is 6. The second-order valence-electron chi connectivity index (χ2n) is 15.5. The number of carbonyl (C=O) groups is 6. The van der Waals surface area contributed by atoms with Gasteiger partial charge >= 0.3 is 29.8 Å². The van der Waals surface area contributed by atoms with E-state index in [0.717, 1.165) is 0 Å². The summed E-state index contributed by atoms with van der Waals surface area (Å²) in [6, 6.07) is 2.49. The van der Waals surface area contributed by atoms with Crippen molar-refractivity contribution in [2.75, 3.05) is 6.61 Å². The molecule has 0 aromatic heterocycles. The Kier molecular flexibility index (Phi) is 9.64. The lowest BCUT2D eigenvalue weighted by molar-refractivity contribution is -0.323. The first-order valence-electron chi connectivity index (χ1n) is 19.1. The Morgan fingerprint density at radius 3 is 1.71 bits per heavy atom. The molecule has 9 rings (SSSR count). The molecule has 4 aliphatic heterocycles. The van der Waals surface area contributed by atoms with Crippen LogP contribution in [0.1, 0.15) is 52.9 Å². The van der Waals surface area contributed by atoms with Crippen LogP contribution in [0.2, 0.25) is 0 Å². The molecule has 27 nitrogen and oxygen atoms in total. The van der Waals surface area contributed by atoms with Gasteiger partial charge in [0.15, 0.2) is 64.0 Å². The molecule has 0 saturated carbocycles. The van der Waals surface area contributed by atoms with Crippen LogP contribution >= 0.6 is 0 Å². The summed E-state index contributed by atoms with van der Waals surface area (Å²) >= 11 is 0. The number of aromatic hydroxyl groups is 11. The van der Waals surface area contributed by atoms with E-state index in [1.165, 1.54) is 0 Å². The molecule has 7 atom stereocenters. The van der Waals surface area contributed by atoms with E-state index in [4.69, 9.17) is 33.2 Å². The third kappa shape index (κ3) is 6.21. The topological polar surface area (TPSA) is 450 Å². The molecular weight excluding hydrogens is 924 g/mol. The summed E-state index contributed by atoms with van der Waals surface area (Å²) in [5.41, 5.74) is -8.15. The van der Waals surface area contributed by atoms with E-state index in [1.807, 2.05) is 0 Å². The van der Waals surface area contributed by atoms with Gasteiger partial charge in [0.2, 0.25) is 35.4 Å². The summed E-state index contributed by atoms with van der Waals surface area (Å²) in [6.07, 6.45) is -12.2. The molecule has 1 unspecified atom stereocenters. The SMILES string of the molecule is O=C1O[C@@H]2C3COC(=O)c4cc(O)c(O)c(O)c4-c4c(cc(O)c(O)c4O)C(=O)O[C@@H]2[C@@H](OC(=O)c2cc4c(c(O)c2O)O[C@]2(O)[C@H]4C1=CC(=O)C2(O)O)[C@H](OC(=O)c1cc(O)c(O)c(O)c1)O3. The van der Waals surface area contributed by atoms with Crippen molar-refractivity contribution in [2.24, 2.45) is 0 Å². The number of esters is 5. The Balaban J connectivity index is 1.29. The van der Waals surface area contributed by atoms with Crippen molar-refractivity contribution in [3.05, 3.63) is 69.8 Å². The van der Waals surface area contributed by atoms with E-state index in [-0.39, 0.29) is 6.08 Å². The Labute approximate surface area is 373 Å². The molecule has 1 fully saturated rings. The van der Waals surface area contributed by atoms with Gasteiger partial charge < -0.3 is 105 Å². The summed E-state index contributed by atoms with van der Waals surface area (Å²) < 4.78 is 38.9. The molecular formula is C41H28O27. The van der Waals surface area contributed by atoms with E-state index < -0.39 is 204 Å². The molecule has 4 aromatic carbocycles. The van der Waals surface area contributed by atoms with Crippen LogP contribution in [-0.4, -0.2) is 156 Å². The molecule has 354 valence electrons. The number of phenolic OH excluding ortho intramolecular Hbond substituents is 11. The standard InChI is InChI=1S/C41H28O27/c42-14-1-8(2-15(43)24(14)48)34(54)67-39-33-32-31(64-37(57)12-6-19(46)40(59,60)41(61)22(12)11-3-13(38(58)66-33)23(47)29(53)30(11)68-41)18(63-39)7-62-35(55)9-4-16(44)25(49)27(51)20(9)21-10(36(56)65-32)5-17(45)26(50)28(21)52/h1-6,18,22,31-33,39,42-45,47-53,59-61H,7H2/t18?,22-,31-,32+,33-,39+,41-/m1/s1. The molecule has 0 radical (unpaired) electrons. The molecule has 0 amide bonds. The van der Waals surface area contributed by atoms with Crippen LogP contribution in [0.3, 0.4) is 0 Å². The Hall–Kier alpha value is -8.92. The maximum atomic E-state index is 14.6. The summed E-state index contributed by atoms with van der Waals surface area (Å²) in [5.74, 6) is -36.2. The summed E-state index contributed by atoms with van der Waals surface area (Å²) in [5, 5.41) is 150. The predicted molar refractivity (Wildman–Crippen MR) is 204 cm³/mol. The number of ketones is 1. The van der Waals surface area contributed by atoms with E-state index in [9.17, 15) is 100 Å². The smallest absolute Gasteiger partial charge is 0.342 e. The highest BCUT2D eigenvalue weighted by atomic mass is 16.8. The minimum absolute atomic E-state index is 0.232. The number of cyclic esters (lactones) is 1. The van der Waals surface area contributed by atoms with Crippen LogP contribution in [0, 0.1) is 0 Å². The Bertz CT molecular complexity index is 3020. The fraction of sp³-hybridized carbons (Fsp3) is 0.220. The average molecular weight is 953 g/mol. The van der Waals surface area contributed by atoms with E-state index in [2.05, 4.69) is 0 Å². The third-order valence-electron chi connectivity index (χ3n) is 11.5. The number of aliphatic hydroxyl groups is 3. The van der Waals surface area contributed by atoms with Crippen LogP contribution in [0.5, 0.6) is 69.0 Å². The molecule has 5 aliphatic rings. The molecule has 1 saturated heterocycles. The van der Waals surface area contributed by atoms with Gasteiger partial charge in [0.05, 0.1) is 28.2 Å². The van der Waals surface area contributed by atoms with Crippen molar-refractivity contribution < 1.29 is 133 Å². The molecule has 27 heteroatoms. The number of ether oxygens (including phenoxy) is 7. The second-order valence-corrected chi connectivity index (χ2v) is 15.5. The van der Waals surface area contributed by atoms with Gasteiger partial charge in [-0.2, -0.15) is 0 Å². The predicted octanol–water partition coefficient (Wildman–Crippen LogP) is -1.10. The van der Waals surface area contributed by atoms with E-state index in [0.29, 0.717) is 30.3 Å². The van der Waals surface area contributed by atoms with Crippen molar-refractivity contribution >= 4 is 35.6 Å². The van der Waals surface area contributed by atoms with Gasteiger partial charge in [-0.05, 0) is 36.4 Å². The molecule has 4 aromatic rings. The third-order valence-corrected chi connectivity index (χ3v) is 11.5. The normalized spacial score (nSPS) is 25.7. The summed E-state index contributed by atoms with van der Waals surface area (Å²) in [6.45, 7) is -1.31. The van der Waals surface area contributed by atoms with Gasteiger partial charge in [-0.15, -0.1) is 0 Å². The zero-order valence-corrected chi connectivity index (χ0v) is 33.2. The first-order valence-corrected chi connectivity index (χ1v) is 19.1. The van der Waals surface area contributed by atoms with Gasteiger partial charge in [-0.25, -0.2) is 24.0 Å². The number of benzene rings is 4. The second kappa shape index (κ2) is 14.8. The molecule has 6 bridgehead atoms. The van der Waals surface area contributed by atoms with Gasteiger partial charge in [0, 0.05) is 16.7 Å². The Morgan fingerprint density at radius 2 is 1.10 bits per heavy atom. The van der Waals surface area contributed by atoms with Crippen molar-refractivity contribution in [1.82, 2.24) is 0 Å². The molecule has 1 aliphatic carbocycles. The maximum Gasteiger partial charge on any atom is 0.342 e. The Morgan fingerprint density at radius 1 is 0.574 bits per heavy atom. The lowest BCUT2D eigenvalue weighted by atomic mass is 9.75. The van der Waals surface area contributed by atoms with Crippen molar-refractivity contribution in [1.29, 1.82) is 0 Å². The number of hydrogen-bond donors (Lipinski definition) is 14. The van der Waals surface area contributed by atoms with Gasteiger partial charge in [0.25, 0.3) is 11.6 Å². The van der Waals surface area contributed by atoms with Gasteiger partial charge in [0.1, 0.15) is 18.3 Å². The minimum Gasteiger partial charge on any atom is -0.504 e. The quantitative estimate of drug-likeness (QED) is 0.0491. The highest BCUT2D eigenvalue weighted by Crippen LogP contribution is 2.60. The molecule has 14 N–H and O–H groups in total. The van der Waals surface area contributed by atoms with Crippen LogP contribution in [0.15, 0.2) is 42.0 Å². The van der Waals surface area contributed by atoms with Crippen LogP contribution in [0.25, 0.3) is 11.1 Å². The average Bonchev–Trinajstić information content (AvgIpc) is 3.60. The van der Waals surface area contributed by atoms with Crippen LogP contribution < -0.4 is 4.74 Å². The summed E-state index contributed by atoms with van der Waals surface area (Å²) in [4.78, 5) is 84.3. The first kappa shape index (κ1) is 44.3. The van der Waals surface area contributed by atoms with E-state index in [1.54, 1.807) is 0 Å².